The van der Waals surface area contributed by atoms with Gasteiger partial charge in [0.25, 0.3) is 5.69 Å². The zero-order valence-corrected chi connectivity index (χ0v) is 20.6. The summed E-state index contributed by atoms with van der Waals surface area (Å²) >= 11 is 0. The summed E-state index contributed by atoms with van der Waals surface area (Å²) in [5.74, 6) is -1.55. The highest BCUT2D eigenvalue weighted by Crippen LogP contribution is 2.24. The van der Waals surface area contributed by atoms with Gasteiger partial charge in [-0.05, 0) is 36.6 Å². The van der Waals surface area contributed by atoms with Gasteiger partial charge in [0.05, 0.1) is 16.9 Å². The molecule has 35 heavy (non-hydrogen) atoms. The average Bonchev–Trinajstić information content (AvgIpc) is 2.81. The molecular formula is C23H29FN4O6S. The molecular weight excluding hydrogens is 479 g/mol. The van der Waals surface area contributed by atoms with Crippen molar-refractivity contribution in [2.45, 2.75) is 39.3 Å². The van der Waals surface area contributed by atoms with Gasteiger partial charge in [-0.25, -0.2) is 12.8 Å². The Kier molecular flexibility index (Phi) is 9.69. The summed E-state index contributed by atoms with van der Waals surface area (Å²) in [6, 6.07) is 9.41. The quantitative estimate of drug-likeness (QED) is 0.347. The van der Waals surface area contributed by atoms with Gasteiger partial charge < -0.3 is 10.2 Å². The molecule has 0 unspecified atom stereocenters. The Balaban J connectivity index is 2.45. The fraction of sp³-hybridized carbons (Fsp3) is 0.391. The number of hydrogen-bond donors (Lipinski definition) is 1. The second-order valence-corrected chi connectivity index (χ2v) is 9.82. The van der Waals surface area contributed by atoms with Crippen LogP contribution in [-0.4, -0.2) is 55.4 Å². The SMILES string of the molecule is CCCNC(=O)[C@H](CC)N(Cc1ccc(F)cc1)C(=O)CN(c1cccc([N+](=O)[O-])c1)S(C)(=O)=O. The smallest absolute Gasteiger partial charge is 0.271 e. The molecule has 190 valence electrons. The molecule has 10 nitrogen and oxygen atoms in total. The van der Waals surface area contributed by atoms with Gasteiger partial charge in [0.15, 0.2) is 0 Å². The minimum absolute atomic E-state index is 0.0553. The van der Waals surface area contributed by atoms with Gasteiger partial charge in [0.1, 0.15) is 18.4 Å². The van der Waals surface area contributed by atoms with E-state index in [1.165, 1.54) is 47.4 Å². The third-order valence-corrected chi connectivity index (χ3v) is 6.35. The number of sulfonamides is 1. The minimum atomic E-state index is -4.02. The molecule has 2 aromatic carbocycles. The number of nitrogens with zero attached hydrogens (tertiary/aromatic N) is 3. The second-order valence-electron chi connectivity index (χ2n) is 7.91. The molecule has 0 aromatic heterocycles. The van der Waals surface area contributed by atoms with Crippen LogP contribution in [0.3, 0.4) is 0 Å². The van der Waals surface area contributed by atoms with Gasteiger partial charge in [-0.15, -0.1) is 0 Å². The minimum Gasteiger partial charge on any atom is -0.354 e. The highest BCUT2D eigenvalue weighted by atomic mass is 32.2. The van der Waals surface area contributed by atoms with Crippen molar-refractivity contribution < 1.29 is 27.3 Å². The molecule has 2 aromatic rings. The van der Waals surface area contributed by atoms with Crippen molar-refractivity contribution in [2.24, 2.45) is 0 Å². The van der Waals surface area contributed by atoms with Crippen LogP contribution in [0.15, 0.2) is 48.5 Å². The van der Waals surface area contributed by atoms with Crippen LogP contribution in [0.25, 0.3) is 0 Å². The highest BCUT2D eigenvalue weighted by Gasteiger charge is 2.32. The Morgan fingerprint density at radius 3 is 2.34 bits per heavy atom. The van der Waals surface area contributed by atoms with E-state index in [9.17, 15) is 32.5 Å². The normalized spacial score (nSPS) is 12.0. The Morgan fingerprint density at radius 2 is 1.80 bits per heavy atom. The van der Waals surface area contributed by atoms with Crippen molar-refractivity contribution in [3.8, 4) is 0 Å². The molecule has 0 aliphatic carbocycles. The number of amides is 2. The number of anilines is 1. The fourth-order valence-electron chi connectivity index (χ4n) is 3.45. The molecule has 0 saturated heterocycles. The maximum atomic E-state index is 13.5. The first-order valence-electron chi connectivity index (χ1n) is 11.0. The lowest BCUT2D eigenvalue weighted by Gasteiger charge is -2.32. The number of halogens is 1. The van der Waals surface area contributed by atoms with Gasteiger partial charge in [0.2, 0.25) is 21.8 Å². The lowest BCUT2D eigenvalue weighted by molar-refractivity contribution is -0.384. The van der Waals surface area contributed by atoms with E-state index >= 15 is 0 Å². The van der Waals surface area contributed by atoms with Crippen molar-refractivity contribution in [3.63, 3.8) is 0 Å². The molecule has 12 heteroatoms. The van der Waals surface area contributed by atoms with E-state index in [-0.39, 0.29) is 24.3 Å². The van der Waals surface area contributed by atoms with E-state index in [4.69, 9.17) is 0 Å². The monoisotopic (exact) mass is 508 g/mol. The maximum absolute atomic E-state index is 13.5. The molecule has 0 aliphatic rings. The number of nitro benzene ring substituents is 1. The van der Waals surface area contributed by atoms with Gasteiger partial charge in [0, 0.05) is 25.2 Å². The number of nitro groups is 1. The summed E-state index contributed by atoms with van der Waals surface area (Å²) in [6.45, 7) is 3.25. The average molecular weight is 509 g/mol. The summed E-state index contributed by atoms with van der Waals surface area (Å²) in [5, 5.41) is 13.9. The van der Waals surface area contributed by atoms with Crippen LogP contribution in [0, 0.1) is 15.9 Å². The Labute approximate surface area is 203 Å². The van der Waals surface area contributed by atoms with Crippen molar-refractivity contribution in [1.82, 2.24) is 10.2 Å². The Bertz CT molecular complexity index is 1160. The van der Waals surface area contributed by atoms with Crippen LogP contribution in [0.1, 0.15) is 32.3 Å². The third-order valence-electron chi connectivity index (χ3n) is 5.21. The number of non-ortho nitro benzene ring substituents is 1. The summed E-state index contributed by atoms with van der Waals surface area (Å²) in [6.07, 6.45) is 1.82. The van der Waals surface area contributed by atoms with Crippen molar-refractivity contribution in [3.05, 3.63) is 70.0 Å². The third kappa shape index (κ3) is 7.74. The molecule has 0 spiro atoms. The van der Waals surface area contributed by atoms with Crippen LogP contribution in [-0.2, 0) is 26.2 Å². The van der Waals surface area contributed by atoms with Crippen LogP contribution in [0.4, 0.5) is 15.8 Å². The van der Waals surface area contributed by atoms with Gasteiger partial charge >= 0.3 is 0 Å². The number of benzene rings is 2. The first kappa shape index (κ1) is 27.7. The lowest BCUT2D eigenvalue weighted by atomic mass is 10.1. The van der Waals surface area contributed by atoms with E-state index < -0.39 is 45.2 Å². The largest absolute Gasteiger partial charge is 0.354 e. The van der Waals surface area contributed by atoms with Crippen LogP contribution >= 0.6 is 0 Å². The summed E-state index contributed by atoms with van der Waals surface area (Å²) < 4.78 is 39.2. The molecule has 2 rings (SSSR count). The molecule has 0 saturated carbocycles. The van der Waals surface area contributed by atoms with Crippen molar-refractivity contribution in [1.29, 1.82) is 0 Å². The predicted molar refractivity (Wildman–Crippen MR) is 130 cm³/mol. The molecule has 0 heterocycles. The molecule has 2 amide bonds. The molecule has 1 atom stereocenters. The Hall–Kier alpha value is -3.54. The summed E-state index contributed by atoms with van der Waals surface area (Å²) in [4.78, 5) is 38.0. The van der Waals surface area contributed by atoms with E-state index in [0.717, 1.165) is 16.6 Å². The van der Waals surface area contributed by atoms with Gasteiger partial charge in [-0.1, -0.05) is 32.0 Å². The number of carbonyl (C=O) groups is 2. The van der Waals surface area contributed by atoms with E-state index in [2.05, 4.69) is 5.32 Å². The molecule has 0 radical (unpaired) electrons. The second kappa shape index (κ2) is 12.2. The summed E-state index contributed by atoms with van der Waals surface area (Å²) in [7, 11) is -4.02. The molecule has 1 N–H and O–H groups in total. The number of nitrogens with one attached hydrogen (secondary N) is 1. The highest BCUT2D eigenvalue weighted by molar-refractivity contribution is 7.92. The van der Waals surface area contributed by atoms with Crippen LogP contribution in [0.5, 0.6) is 0 Å². The van der Waals surface area contributed by atoms with Crippen molar-refractivity contribution in [2.75, 3.05) is 23.7 Å². The molecule has 0 bridgehead atoms. The fourth-order valence-corrected chi connectivity index (χ4v) is 4.29. The maximum Gasteiger partial charge on any atom is 0.271 e. The summed E-state index contributed by atoms with van der Waals surface area (Å²) in [5.41, 5.74) is 0.153. The standard InChI is InChI=1S/C23H29FN4O6S/c1-4-13-25-23(30)21(5-2)26(15-17-9-11-18(24)12-10-17)22(29)16-27(35(3,33)34)19-7-6-8-20(14-19)28(31)32/h6-12,14,21H,4-5,13,15-16H2,1-3H3,(H,25,30)/t21-/m0/s1. The first-order chi connectivity index (χ1) is 16.5. The molecule has 0 aliphatic heterocycles. The first-order valence-corrected chi connectivity index (χ1v) is 12.9. The number of hydrogen-bond acceptors (Lipinski definition) is 6. The molecule has 0 fully saturated rings. The van der Waals surface area contributed by atoms with Crippen molar-refractivity contribution >= 4 is 33.2 Å². The number of carbonyl (C=O) groups excluding carboxylic acids is 2. The van der Waals surface area contributed by atoms with Gasteiger partial charge in [-0.2, -0.15) is 0 Å². The zero-order chi connectivity index (χ0) is 26.2. The predicted octanol–water partition coefficient (Wildman–Crippen LogP) is 2.83. The van der Waals surface area contributed by atoms with E-state index in [1.807, 2.05) is 6.92 Å². The van der Waals surface area contributed by atoms with E-state index in [1.54, 1.807) is 6.92 Å². The van der Waals surface area contributed by atoms with E-state index in [0.29, 0.717) is 18.5 Å². The van der Waals surface area contributed by atoms with Crippen LogP contribution < -0.4 is 9.62 Å². The van der Waals surface area contributed by atoms with Crippen LogP contribution in [0.2, 0.25) is 0 Å². The number of rotatable bonds is 12. The zero-order valence-electron chi connectivity index (χ0n) is 19.8. The lowest BCUT2D eigenvalue weighted by Crippen LogP contribution is -2.52. The topological polar surface area (TPSA) is 130 Å². The van der Waals surface area contributed by atoms with Gasteiger partial charge in [-0.3, -0.25) is 24.0 Å². The Morgan fingerprint density at radius 1 is 1.14 bits per heavy atom.